The number of aromatic nitrogens is 3. The Balaban J connectivity index is 1.59. The molecule has 0 aliphatic carbocycles. The Morgan fingerprint density at radius 3 is 2.52 bits per heavy atom. The van der Waals surface area contributed by atoms with Gasteiger partial charge in [0.25, 0.3) is 10.0 Å². The number of ether oxygens (including phenoxy) is 1. The van der Waals surface area contributed by atoms with Crippen molar-refractivity contribution < 1.29 is 22.0 Å². The first-order valence-corrected chi connectivity index (χ1v) is 18.7. The number of rotatable bonds is 8. The monoisotopic (exact) mass is 603 g/mol. The van der Waals surface area contributed by atoms with E-state index < -0.39 is 29.5 Å². The van der Waals surface area contributed by atoms with Gasteiger partial charge in [-0.25, -0.2) is 26.6 Å². The van der Waals surface area contributed by atoms with Crippen LogP contribution < -0.4 is 5.63 Å². The molecule has 6 rings (SSSR count). The fourth-order valence-electron chi connectivity index (χ4n) is 5.13. The second-order valence-electron chi connectivity index (χ2n) is 11.6. The van der Waals surface area contributed by atoms with Crippen LogP contribution in [0.4, 0.5) is 4.39 Å². The number of benzene rings is 2. The Morgan fingerprint density at radius 1 is 1.02 bits per heavy atom. The molecule has 4 aromatic heterocycles. The van der Waals surface area contributed by atoms with Gasteiger partial charge in [-0.3, -0.25) is 0 Å². The largest absolute Gasteiger partial charge is 0.422 e. The van der Waals surface area contributed by atoms with Crippen molar-refractivity contribution in [2.75, 3.05) is 6.61 Å². The molecule has 0 N–H and O–H groups in total. The molecule has 0 spiro atoms. The number of pyridine rings is 1. The predicted molar refractivity (Wildman–Crippen MR) is 165 cm³/mol. The zero-order valence-electron chi connectivity index (χ0n) is 23.7. The molecule has 8 nitrogen and oxygen atoms in total. The van der Waals surface area contributed by atoms with Gasteiger partial charge in [-0.15, -0.1) is 0 Å². The van der Waals surface area contributed by atoms with Gasteiger partial charge in [0.15, 0.2) is 5.65 Å². The van der Waals surface area contributed by atoms with Crippen molar-refractivity contribution in [3.05, 3.63) is 94.9 Å². The van der Waals surface area contributed by atoms with Crippen LogP contribution in [0.3, 0.4) is 0 Å². The molecule has 0 amide bonds. The third-order valence-electron chi connectivity index (χ3n) is 7.40. The number of nitrogens with zero attached hydrogens (tertiary/aromatic N) is 3. The highest BCUT2D eigenvalue weighted by molar-refractivity contribution is 7.90. The molecule has 0 fully saturated rings. The molecule has 0 saturated heterocycles. The molecule has 0 unspecified atom stereocenters. The maximum atomic E-state index is 15.7. The summed E-state index contributed by atoms with van der Waals surface area (Å²) >= 11 is 0. The lowest BCUT2D eigenvalue weighted by Crippen LogP contribution is -2.22. The first-order chi connectivity index (χ1) is 20.0. The Labute approximate surface area is 243 Å². The van der Waals surface area contributed by atoms with Crippen LogP contribution in [-0.4, -0.2) is 36.6 Å². The van der Waals surface area contributed by atoms with Crippen LogP contribution in [0.15, 0.2) is 87.2 Å². The minimum atomic E-state index is -3.92. The number of aryl methyl sites for hydroxylation is 1. The minimum Gasteiger partial charge on any atom is -0.422 e. The fraction of sp³-hybridized carbons (Fsp3) is 0.226. The van der Waals surface area contributed by atoms with Crippen LogP contribution in [0.25, 0.3) is 44.2 Å². The van der Waals surface area contributed by atoms with E-state index in [1.807, 2.05) is 0 Å². The van der Waals surface area contributed by atoms with E-state index in [0.717, 1.165) is 10.0 Å². The van der Waals surface area contributed by atoms with Crippen molar-refractivity contribution in [1.29, 1.82) is 0 Å². The molecule has 11 heteroatoms. The molecule has 0 aliphatic rings. The molecule has 0 saturated carbocycles. The zero-order chi connectivity index (χ0) is 29.8. The van der Waals surface area contributed by atoms with Gasteiger partial charge in [0.2, 0.25) is 0 Å². The summed E-state index contributed by atoms with van der Waals surface area (Å²) in [5.74, 6) is -0.478. The molecule has 0 atom stereocenters. The van der Waals surface area contributed by atoms with E-state index in [-0.39, 0.29) is 33.6 Å². The first-order valence-electron chi connectivity index (χ1n) is 13.6. The number of hydrogen-bond acceptors (Lipinski definition) is 6. The number of halogens is 1. The Bertz CT molecular complexity index is 2150. The lowest BCUT2D eigenvalue weighted by molar-refractivity contribution is 0.0914. The highest BCUT2D eigenvalue weighted by atomic mass is 32.2. The lowest BCUT2D eigenvalue weighted by atomic mass is 10.1. The summed E-state index contributed by atoms with van der Waals surface area (Å²) in [5.41, 5.74) is 1.73. The molecule has 4 heterocycles. The quantitative estimate of drug-likeness (QED) is 0.108. The molecular weight excluding hydrogens is 574 g/mol. The van der Waals surface area contributed by atoms with Gasteiger partial charge in [0, 0.05) is 38.0 Å². The summed E-state index contributed by atoms with van der Waals surface area (Å²) in [4.78, 5) is 17.7. The third kappa shape index (κ3) is 4.77. The van der Waals surface area contributed by atoms with E-state index >= 15 is 4.39 Å². The zero-order valence-corrected chi connectivity index (χ0v) is 25.5. The maximum Gasteiger partial charge on any atom is 0.345 e. The van der Waals surface area contributed by atoms with E-state index in [1.54, 1.807) is 60.0 Å². The fourth-order valence-corrected chi connectivity index (χ4v) is 7.21. The summed E-state index contributed by atoms with van der Waals surface area (Å²) in [7, 11) is -5.31. The van der Waals surface area contributed by atoms with E-state index in [4.69, 9.17) is 9.15 Å². The van der Waals surface area contributed by atoms with Crippen molar-refractivity contribution in [1.82, 2.24) is 13.5 Å². The van der Waals surface area contributed by atoms with Crippen molar-refractivity contribution in [3.63, 3.8) is 0 Å². The van der Waals surface area contributed by atoms with Crippen LogP contribution in [0.1, 0.15) is 5.56 Å². The van der Waals surface area contributed by atoms with Gasteiger partial charge in [0.1, 0.15) is 18.1 Å². The van der Waals surface area contributed by atoms with Gasteiger partial charge in [-0.2, -0.15) is 0 Å². The normalized spacial score (nSPS) is 12.6. The van der Waals surface area contributed by atoms with Gasteiger partial charge >= 0.3 is 5.63 Å². The number of hydrogen-bond donors (Lipinski definition) is 0. The SMILES string of the molecule is Cc1ccc2oc(=O)c3cc(-c4ccnc5c4ccn5S(=O)(=O)c4ccccc4)n(COCC[Si](C)(C)C)c3c2c1F. The van der Waals surface area contributed by atoms with E-state index in [2.05, 4.69) is 24.6 Å². The molecule has 2 aromatic carbocycles. The second kappa shape index (κ2) is 10.3. The molecule has 216 valence electrons. The molecule has 0 aliphatic heterocycles. The van der Waals surface area contributed by atoms with Crippen LogP contribution in [0, 0.1) is 12.7 Å². The van der Waals surface area contributed by atoms with Crippen molar-refractivity contribution in [3.8, 4) is 11.3 Å². The molecule has 0 radical (unpaired) electrons. The van der Waals surface area contributed by atoms with Crippen molar-refractivity contribution in [2.24, 2.45) is 0 Å². The van der Waals surface area contributed by atoms with Crippen LogP contribution in [0.2, 0.25) is 25.7 Å². The topological polar surface area (TPSA) is 96.3 Å². The Hall–Kier alpha value is -4.06. The van der Waals surface area contributed by atoms with E-state index in [1.165, 1.54) is 24.5 Å². The molecule has 0 bridgehead atoms. The Morgan fingerprint density at radius 2 is 1.79 bits per heavy atom. The first kappa shape index (κ1) is 28.1. The lowest BCUT2D eigenvalue weighted by Gasteiger charge is -2.17. The number of fused-ring (bicyclic) bond motifs is 4. The Kier molecular flexibility index (Phi) is 6.91. The van der Waals surface area contributed by atoms with Crippen molar-refractivity contribution in [2.45, 2.75) is 44.2 Å². The standard InChI is InChI=1S/C31H30FN3O5SSi/c1-20-10-11-26-27(28(20)32)29-24(31(36)40-26)18-25(34(29)19-39-16-17-42(2,3)4)22-12-14-33-30-23(22)13-15-35(30)41(37,38)21-8-6-5-7-9-21/h5-15,18H,16-17,19H2,1-4H3. The average molecular weight is 604 g/mol. The van der Waals surface area contributed by atoms with Crippen LogP contribution in [0.5, 0.6) is 0 Å². The van der Waals surface area contributed by atoms with Gasteiger partial charge in [0.05, 0.1) is 26.9 Å². The summed E-state index contributed by atoms with van der Waals surface area (Å²) in [5, 5.41) is 0.949. The molecule has 42 heavy (non-hydrogen) atoms. The smallest absolute Gasteiger partial charge is 0.345 e. The summed E-state index contributed by atoms with van der Waals surface area (Å²) < 4.78 is 57.2. The summed E-state index contributed by atoms with van der Waals surface area (Å²) in [6.07, 6.45) is 2.99. The summed E-state index contributed by atoms with van der Waals surface area (Å²) in [6, 6.07) is 17.3. The molecular formula is C31H30FN3O5SSi. The van der Waals surface area contributed by atoms with Crippen LogP contribution >= 0.6 is 0 Å². The van der Waals surface area contributed by atoms with Crippen LogP contribution in [-0.2, 0) is 21.5 Å². The third-order valence-corrected chi connectivity index (χ3v) is 10.8. The minimum absolute atomic E-state index is 0.0576. The predicted octanol–water partition coefficient (Wildman–Crippen LogP) is 6.76. The average Bonchev–Trinajstić information content (AvgIpc) is 3.56. The maximum absolute atomic E-state index is 15.7. The highest BCUT2D eigenvalue weighted by Gasteiger charge is 2.25. The van der Waals surface area contributed by atoms with E-state index in [9.17, 15) is 13.2 Å². The second-order valence-corrected chi connectivity index (χ2v) is 19.0. The van der Waals surface area contributed by atoms with Gasteiger partial charge in [-0.05, 0) is 54.9 Å². The van der Waals surface area contributed by atoms with E-state index in [0.29, 0.717) is 34.3 Å². The molecule has 6 aromatic rings. The summed E-state index contributed by atoms with van der Waals surface area (Å²) in [6.45, 7) is 8.99. The highest BCUT2D eigenvalue weighted by Crippen LogP contribution is 2.37. The van der Waals surface area contributed by atoms with Gasteiger partial charge in [-0.1, -0.05) is 43.9 Å². The van der Waals surface area contributed by atoms with Gasteiger partial charge < -0.3 is 13.7 Å². The van der Waals surface area contributed by atoms with Crippen molar-refractivity contribution >= 4 is 51.0 Å².